The van der Waals surface area contributed by atoms with Gasteiger partial charge in [0.2, 0.25) is 5.91 Å². The Labute approximate surface area is 169 Å². The Morgan fingerprint density at radius 3 is 2.79 bits per heavy atom. The molecule has 9 nitrogen and oxygen atoms in total. The molecule has 156 valence electrons. The van der Waals surface area contributed by atoms with Crippen molar-refractivity contribution in [2.45, 2.75) is 55.8 Å². The highest BCUT2D eigenvalue weighted by molar-refractivity contribution is 7.91. The topological polar surface area (TPSA) is 109 Å². The van der Waals surface area contributed by atoms with E-state index in [1.54, 1.807) is 6.92 Å². The summed E-state index contributed by atoms with van der Waals surface area (Å²) in [6, 6.07) is -1.62. The van der Waals surface area contributed by atoms with Crippen molar-refractivity contribution in [3.8, 4) is 0 Å². The molecule has 3 heterocycles. The van der Waals surface area contributed by atoms with E-state index in [2.05, 4.69) is 14.6 Å². The molecule has 1 amide bonds. The van der Waals surface area contributed by atoms with E-state index in [-0.39, 0.29) is 4.21 Å². The van der Waals surface area contributed by atoms with Gasteiger partial charge in [-0.25, -0.2) is 18.2 Å². The number of esters is 1. The maximum absolute atomic E-state index is 12.7. The van der Waals surface area contributed by atoms with Crippen LogP contribution in [0.1, 0.15) is 39.5 Å². The van der Waals surface area contributed by atoms with Gasteiger partial charge in [0.1, 0.15) is 12.1 Å². The summed E-state index contributed by atoms with van der Waals surface area (Å²) >= 11 is 1.11. The van der Waals surface area contributed by atoms with E-state index in [4.69, 9.17) is 4.74 Å². The van der Waals surface area contributed by atoms with Crippen molar-refractivity contribution in [2.24, 2.45) is 0 Å². The van der Waals surface area contributed by atoms with E-state index in [0.29, 0.717) is 31.1 Å². The Bertz CT molecular complexity index is 819. The lowest BCUT2D eigenvalue weighted by molar-refractivity contribution is -0.153. The number of sulfonamides is 1. The summed E-state index contributed by atoms with van der Waals surface area (Å²) in [7, 11) is -3.85. The van der Waals surface area contributed by atoms with Gasteiger partial charge in [0.05, 0.1) is 12.8 Å². The normalized spacial score (nSPS) is 21.4. The molecule has 0 saturated carbocycles. The van der Waals surface area contributed by atoms with Crippen LogP contribution in [0.4, 0.5) is 5.13 Å². The van der Waals surface area contributed by atoms with Crippen LogP contribution in [0.3, 0.4) is 0 Å². The second-order valence-corrected chi connectivity index (χ2v) is 9.94. The van der Waals surface area contributed by atoms with Gasteiger partial charge in [-0.1, -0.05) is 18.3 Å². The van der Waals surface area contributed by atoms with Crippen LogP contribution in [-0.4, -0.2) is 68.5 Å². The van der Waals surface area contributed by atoms with E-state index in [1.165, 1.54) is 11.1 Å². The third-order valence-electron chi connectivity index (χ3n) is 4.91. The molecule has 0 aromatic carbocycles. The van der Waals surface area contributed by atoms with E-state index < -0.39 is 34.0 Å². The van der Waals surface area contributed by atoms with Crippen molar-refractivity contribution in [2.75, 3.05) is 31.1 Å². The summed E-state index contributed by atoms with van der Waals surface area (Å²) in [5.41, 5.74) is 0. The number of aromatic nitrogens is 1. The maximum Gasteiger partial charge on any atom is 0.328 e. The van der Waals surface area contributed by atoms with Crippen molar-refractivity contribution in [3.05, 3.63) is 6.20 Å². The number of likely N-dealkylation sites (tertiary alicyclic amines) is 1. The van der Waals surface area contributed by atoms with Crippen LogP contribution in [0, 0.1) is 0 Å². The smallest absolute Gasteiger partial charge is 0.328 e. The summed E-state index contributed by atoms with van der Waals surface area (Å²) in [4.78, 5) is 32.3. The highest BCUT2D eigenvalue weighted by Crippen LogP contribution is 2.29. The number of carbonyl (C=O) groups excluding carboxylic acids is 2. The lowest BCUT2D eigenvalue weighted by Crippen LogP contribution is -2.46. The predicted molar refractivity (Wildman–Crippen MR) is 105 cm³/mol. The Hall–Kier alpha value is -1.72. The van der Waals surface area contributed by atoms with Gasteiger partial charge in [0.15, 0.2) is 9.34 Å². The van der Waals surface area contributed by atoms with Crippen molar-refractivity contribution in [1.82, 2.24) is 14.6 Å². The number of carbonyl (C=O) groups is 2. The number of anilines is 1. The van der Waals surface area contributed by atoms with Gasteiger partial charge in [0.25, 0.3) is 10.0 Å². The minimum atomic E-state index is -3.85. The summed E-state index contributed by atoms with van der Waals surface area (Å²) in [6.45, 7) is 5.84. The monoisotopic (exact) mass is 430 g/mol. The fourth-order valence-electron chi connectivity index (χ4n) is 3.32. The molecule has 0 spiro atoms. The molecule has 2 aliphatic rings. The first-order valence-electron chi connectivity index (χ1n) is 9.53. The average molecular weight is 431 g/mol. The highest BCUT2D eigenvalue weighted by Gasteiger charge is 2.40. The van der Waals surface area contributed by atoms with Gasteiger partial charge in [-0.05, 0) is 32.6 Å². The third-order valence-corrected chi connectivity index (χ3v) is 7.90. The Balaban J connectivity index is 1.63. The molecule has 1 aromatic heterocycles. The molecule has 2 aliphatic heterocycles. The van der Waals surface area contributed by atoms with Crippen molar-refractivity contribution >= 4 is 38.4 Å². The fourth-order valence-corrected chi connectivity index (χ4v) is 5.73. The van der Waals surface area contributed by atoms with Gasteiger partial charge in [0, 0.05) is 19.6 Å². The molecule has 2 atom stereocenters. The van der Waals surface area contributed by atoms with Crippen LogP contribution in [0.2, 0.25) is 0 Å². The predicted octanol–water partition coefficient (Wildman–Crippen LogP) is 0.964. The minimum Gasteiger partial charge on any atom is -0.464 e. The summed E-state index contributed by atoms with van der Waals surface area (Å²) in [5, 5.41) is 0.685. The van der Waals surface area contributed by atoms with Crippen molar-refractivity contribution in [1.29, 1.82) is 0 Å². The zero-order valence-corrected chi connectivity index (χ0v) is 17.7. The van der Waals surface area contributed by atoms with Gasteiger partial charge < -0.3 is 14.5 Å². The molecule has 0 aliphatic carbocycles. The molecule has 1 N–H and O–H groups in total. The van der Waals surface area contributed by atoms with Crippen molar-refractivity contribution < 1.29 is 22.7 Å². The van der Waals surface area contributed by atoms with Crippen LogP contribution in [0.25, 0.3) is 0 Å². The summed E-state index contributed by atoms with van der Waals surface area (Å²) in [5.74, 6) is -0.884. The first kappa shape index (κ1) is 21.0. The maximum atomic E-state index is 12.7. The highest BCUT2D eigenvalue weighted by atomic mass is 32.2. The summed E-state index contributed by atoms with van der Waals surface area (Å²) in [6.07, 6.45) is 4.49. The number of thiazole rings is 1. The molecule has 2 saturated heterocycles. The number of ether oxygens (including phenoxy) is 1. The van der Waals surface area contributed by atoms with E-state index >= 15 is 0 Å². The van der Waals surface area contributed by atoms with Gasteiger partial charge in [-0.3, -0.25) is 4.79 Å². The molecule has 11 heteroatoms. The van der Waals surface area contributed by atoms with Crippen LogP contribution >= 0.6 is 11.3 Å². The minimum absolute atomic E-state index is 0.0936. The number of hydrogen-bond donors (Lipinski definition) is 1. The molecule has 1 aromatic rings. The second kappa shape index (κ2) is 8.75. The Morgan fingerprint density at radius 1 is 1.39 bits per heavy atom. The zero-order valence-electron chi connectivity index (χ0n) is 16.1. The number of hydrogen-bond acceptors (Lipinski definition) is 8. The number of nitrogens with zero attached hydrogens (tertiary/aromatic N) is 3. The molecule has 0 bridgehead atoms. The molecular weight excluding hydrogens is 404 g/mol. The molecule has 2 fully saturated rings. The van der Waals surface area contributed by atoms with Gasteiger partial charge >= 0.3 is 5.97 Å². The van der Waals surface area contributed by atoms with E-state index in [0.717, 1.165) is 37.3 Å². The fraction of sp³-hybridized carbons (Fsp3) is 0.706. The lowest BCUT2D eigenvalue weighted by atomic mass is 10.3. The molecule has 28 heavy (non-hydrogen) atoms. The second-order valence-electron chi connectivity index (χ2n) is 6.99. The molecule has 3 rings (SSSR count). The first-order chi connectivity index (χ1) is 13.3. The van der Waals surface area contributed by atoms with Gasteiger partial charge in [-0.15, -0.1) is 0 Å². The SMILES string of the molecule is CCCOC(=O)C(C)N1CCC(NS(=O)(=O)c2cnc(N3CCCC3)s2)C1=O. The molecule has 0 radical (unpaired) electrons. The van der Waals surface area contributed by atoms with Crippen LogP contribution in [-0.2, 0) is 24.3 Å². The van der Waals surface area contributed by atoms with Gasteiger partial charge in [-0.2, -0.15) is 4.72 Å². The number of nitrogens with one attached hydrogen (secondary N) is 1. The Kier molecular flexibility index (Phi) is 6.56. The first-order valence-corrected chi connectivity index (χ1v) is 11.8. The number of rotatable bonds is 8. The zero-order chi connectivity index (χ0) is 20.3. The molecule has 2 unspecified atom stereocenters. The van der Waals surface area contributed by atoms with E-state index in [1.807, 2.05) is 6.92 Å². The molecular formula is C17H26N4O5S2. The summed E-state index contributed by atoms with van der Waals surface area (Å²) < 4.78 is 33.0. The largest absolute Gasteiger partial charge is 0.464 e. The average Bonchev–Trinajstić information content (AvgIpc) is 3.40. The standard InChI is InChI=1S/C17H26N4O5S2/c1-3-10-26-16(23)12(2)21-9-6-13(15(21)22)19-28(24,25)14-11-18-17(27-14)20-7-4-5-8-20/h11-13,19H,3-10H2,1-2H3. The third kappa shape index (κ3) is 4.47. The number of amides is 1. The van der Waals surface area contributed by atoms with Crippen molar-refractivity contribution in [3.63, 3.8) is 0 Å². The lowest BCUT2D eigenvalue weighted by Gasteiger charge is -2.23. The Morgan fingerprint density at radius 2 is 2.11 bits per heavy atom. The quantitative estimate of drug-likeness (QED) is 0.612. The van der Waals surface area contributed by atoms with Crippen LogP contribution < -0.4 is 9.62 Å². The van der Waals surface area contributed by atoms with E-state index in [9.17, 15) is 18.0 Å². The van der Waals surface area contributed by atoms with Crippen LogP contribution in [0.5, 0.6) is 0 Å². The van der Waals surface area contributed by atoms with Crippen LogP contribution in [0.15, 0.2) is 10.4 Å².